The van der Waals surface area contributed by atoms with Crippen molar-refractivity contribution in [2.45, 2.75) is 17.9 Å². The molecular formula is C21H23N3O4S. The monoisotopic (exact) mass is 413 g/mol. The van der Waals surface area contributed by atoms with Crippen LogP contribution in [-0.4, -0.2) is 59.9 Å². The van der Waals surface area contributed by atoms with E-state index in [4.69, 9.17) is 0 Å². The fourth-order valence-corrected chi connectivity index (χ4v) is 5.36. The fraction of sp³-hybridized carbons (Fsp3) is 0.286. The van der Waals surface area contributed by atoms with Crippen LogP contribution in [0.4, 0.5) is 0 Å². The van der Waals surface area contributed by atoms with Crippen LogP contribution in [-0.2, 0) is 14.8 Å². The molecule has 0 unspecified atom stereocenters. The summed E-state index contributed by atoms with van der Waals surface area (Å²) in [6.07, 6.45) is 1.75. The predicted octanol–water partition coefficient (Wildman–Crippen LogP) is 2.61. The molecule has 1 atom stereocenters. The van der Waals surface area contributed by atoms with Crippen LogP contribution < -0.4 is 0 Å². The van der Waals surface area contributed by atoms with Crippen molar-refractivity contribution in [3.05, 3.63) is 65.9 Å². The van der Waals surface area contributed by atoms with Gasteiger partial charge in [0.2, 0.25) is 10.0 Å². The molecule has 2 aromatic carbocycles. The topological polar surface area (TPSA) is 93.7 Å². The average Bonchev–Trinajstić information content (AvgIpc) is 3.12. The number of hydrogen-bond acceptors (Lipinski definition) is 4. The first kappa shape index (κ1) is 19.6. The summed E-state index contributed by atoms with van der Waals surface area (Å²) >= 11 is 0. The van der Waals surface area contributed by atoms with E-state index in [1.54, 1.807) is 36.5 Å². The second-order valence-electron chi connectivity index (χ2n) is 7.29. The van der Waals surface area contributed by atoms with E-state index < -0.39 is 22.0 Å². The Morgan fingerprint density at radius 3 is 2.41 bits per heavy atom. The quantitative estimate of drug-likeness (QED) is 0.671. The molecule has 0 spiro atoms. The van der Waals surface area contributed by atoms with Crippen LogP contribution in [0.2, 0.25) is 0 Å². The highest BCUT2D eigenvalue weighted by atomic mass is 32.2. The Morgan fingerprint density at radius 1 is 1.07 bits per heavy atom. The molecule has 0 aliphatic carbocycles. The van der Waals surface area contributed by atoms with Gasteiger partial charge >= 0.3 is 5.97 Å². The maximum Gasteiger partial charge on any atom is 0.325 e. The SMILES string of the molecule is Cc1ccc2[nH]cc([C@@H](C(=O)O)N3CCN(S(=O)(=O)c4ccccc4)CC3)c2c1. The van der Waals surface area contributed by atoms with Crippen LogP contribution in [0.5, 0.6) is 0 Å². The second-order valence-corrected chi connectivity index (χ2v) is 9.22. The number of sulfonamides is 1. The lowest BCUT2D eigenvalue weighted by Gasteiger charge is -2.37. The Hall–Kier alpha value is -2.68. The van der Waals surface area contributed by atoms with Crippen LogP contribution >= 0.6 is 0 Å². The molecule has 4 rings (SSSR count). The maximum atomic E-state index is 12.8. The zero-order valence-electron chi connectivity index (χ0n) is 16.1. The number of nitrogens with one attached hydrogen (secondary N) is 1. The van der Waals surface area contributed by atoms with E-state index in [1.807, 2.05) is 30.0 Å². The summed E-state index contributed by atoms with van der Waals surface area (Å²) in [4.78, 5) is 17.4. The van der Waals surface area contributed by atoms with Crippen molar-refractivity contribution >= 4 is 26.9 Å². The summed E-state index contributed by atoms with van der Waals surface area (Å²) in [5, 5.41) is 10.8. The highest BCUT2D eigenvalue weighted by Gasteiger charge is 2.35. The van der Waals surface area contributed by atoms with E-state index in [0.29, 0.717) is 18.7 Å². The fourth-order valence-electron chi connectivity index (χ4n) is 3.91. The standard InChI is InChI=1S/C21H23N3O4S/c1-15-7-8-19-17(13-15)18(14-22-19)20(21(25)26)23-9-11-24(12-10-23)29(27,28)16-5-3-2-4-6-16/h2-8,13-14,20,22H,9-12H2,1H3,(H,25,26)/t20-/m0/s1. The number of aryl methyl sites for hydroxylation is 1. The maximum absolute atomic E-state index is 12.8. The van der Waals surface area contributed by atoms with Gasteiger partial charge in [-0.3, -0.25) is 9.69 Å². The number of rotatable bonds is 5. The molecule has 0 radical (unpaired) electrons. The molecule has 3 aromatic rings. The number of carboxylic acid groups (broad SMARTS) is 1. The molecule has 152 valence electrons. The summed E-state index contributed by atoms with van der Waals surface area (Å²) in [6.45, 7) is 3.17. The van der Waals surface area contributed by atoms with Gasteiger partial charge in [0.15, 0.2) is 0 Å². The molecule has 1 aliphatic heterocycles. The normalized spacial score (nSPS) is 17.4. The average molecular weight is 413 g/mol. The Labute approximate surface area is 169 Å². The lowest BCUT2D eigenvalue weighted by molar-refractivity contribution is -0.144. The van der Waals surface area contributed by atoms with Crippen molar-refractivity contribution in [1.82, 2.24) is 14.2 Å². The highest BCUT2D eigenvalue weighted by molar-refractivity contribution is 7.89. The number of aliphatic carboxylic acids is 1. The number of aromatic amines is 1. The van der Waals surface area contributed by atoms with Crippen molar-refractivity contribution < 1.29 is 18.3 Å². The summed E-state index contributed by atoms with van der Waals surface area (Å²) in [5.41, 5.74) is 2.65. The van der Waals surface area contributed by atoms with Gasteiger partial charge in [0.25, 0.3) is 0 Å². The van der Waals surface area contributed by atoms with Crippen molar-refractivity contribution in [3.63, 3.8) is 0 Å². The zero-order chi connectivity index (χ0) is 20.6. The largest absolute Gasteiger partial charge is 0.480 e. The van der Waals surface area contributed by atoms with Crippen molar-refractivity contribution in [2.24, 2.45) is 0 Å². The summed E-state index contributed by atoms with van der Waals surface area (Å²) < 4.78 is 27.1. The zero-order valence-corrected chi connectivity index (χ0v) is 16.9. The van der Waals surface area contributed by atoms with Gasteiger partial charge < -0.3 is 10.1 Å². The Morgan fingerprint density at radius 2 is 1.76 bits per heavy atom. The smallest absolute Gasteiger partial charge is 0.325 e. The number of benzene rings is 2. The molecular weight excluding hydrogens is 390 g/mol. The third-order valence-electron chi connectivity index (χ3n) is 5.42. The minimum absolute atomic E-state index is 0.252. The van der Waals surface area contributed by atoms with E-state index in [9.17, 15) is 18.3 Å². The summed E-state index contributed by atoms with van der Waals surface area (Å²) in [7, 11) is -3.57. The minimum atomic E-state index is -3.57. The summed E-state index contributed by atoms with van der Waals surface area (Å²) in [5.74, 6) is -0.938. The van der Waals surface area contributed by atoms with Gasteiger partial charge in [-0.15, -0.1) is 0 Å². The number of H-pyrrole nitrogens is 1. The lowest BCUT2D eigenvalue weighted by Crippen LogP contribution is -2.50. The molecule has 8 heteroatoms. The molecule has 7 nitrogen and oxygen atoms in total. The third kappa shape index (κ3) is 3.66. The predicted molar refractivity (Wildman–Crippen MR) is 110 cm³/mol. The van der Waals surface area contributed by atoms with Crippen LogP contribution in [0.15, 0.2) is 59.6 Å². The molecule has 29 heavy (non-hydrogen) atoms. The van der Waals surface area contributed by atoms with E-state index >= 15 is 0 Å². The number of piperazine rings is 1. The van der Waals surface area contributed by atoms with Gasteiger partial charge in [0.1, 0.15) is 6.04 Å². The molecule has 0 saturated carbocycles. The molecule has 0 bridgehead atoms. The first-order valence-electron chi connectivity index (χ1n) is 9.47. The molecule has 0 amide bonds. The number of nitrogens with zero attached hydrogens (tertiary/aromatic N) is 2. The summed E-state index contributed by atoms with van der Waals surface area (Å²) in [6, 6.07) is 13.4. The van der Waals surface area contributed by atoms with Crippen LogP contribution in [0.25, 0.3) is 10.9 Å². The van der Waals surface area contributed by atoms with Gasteiger partial charge in [-0.1, -0.05) is 29.8 Å². The number of carbonyl (C=O) groups is 1. The Balaban J connectivity index is 1.57. The minimum Gasteiger partial charge on any atom is -0.480 e. The van der Waals surface area contributed by atoms with E-state index in [1.165, 1.54) is 4.31 Å². The molecule has 1 saturated heterocycles. The number of hydrogen-bond donors (Lipinski definition) is 2. The number of carboxylic acids is 1. The highest BCUT2D eigenvalue weighted by Crippen LogP contribution is 2.31. The third-order valence-corrected chi connectivity index (χ3v) is 7.33. The second kappa shape index (κ2) is 7.62. The van der Waals surface area contributed by atoms with E-state index in [-0.39, 0.29) is 18.0 Å². The van der Waals surface area contributed by atoms with Gasteiger partial charge in [-0.05, 0) is 31.2 Å². The Bertz CT molecular complexity index is 1130. The van der Waals surface area contributed by atoms with Crippen LogP contribution in [0.3, 0.4) is 0 Å². The van der Waals surface area contributed by atoms with Crippen molar-refractivity contribution in [2.75, 3.05) is 26.2 Å². The van der Waals surface area contributed by atoms with Gasteiger partial charge in [0, 0.05) is 48.8 Å². The number of fused-ring (bicyclic) bond motifs is 1. The molecule has 1 aliphatic rings. The molecule has 1 fully saturated rings. The van der Waals surface area contributed by atoms with Crippen molar-refractivity contribution in [3.8, 4) is 0 Å². The van der Waals surface area contributed by atoms with Gasteiger partial charge in [-0.25, -0.2) is 8.42 Å². The van der Waals surface area contributed by atoms with Crippen molar-refractivity contribution in [1.29, 1.82) is 0 Å². The molecule has 2 heterocycles. The van der Waals surface area contributed by atoms with Gasteiger partial charge in [-0.2, -0.15) is 4.31 Å². The van der Waals surface area contributed by atoms with Crippen LogP contribution in [0, 0.1) is 6.92 Å². The van der Waals surface area contributed by atoms with E-state index in [2.05, 4.69) is 4.98 Å². The van der Waals surface area contributed by atoms with Gasteiger partial charge in [0.05, 0.1) is 4.90 Å². The molecule has 2 N–H and O–H groups in total. The first-order chi connectivity index (χ1) is 13.9. The lowest BCUT2D eigenvalue weighted by atomic mass is 10.0. The first-order valence-corrected chi connectivity index (χ1v) is 10.9. The molecule has 1 aromatic heterocycles. The van der Waals surface area contributed by atoms with Crippen LogP contribution in [0.1, 0.15) is 17.2 Å². The van der Waals surface area contributed by atoms with E-state index in [0.717, 1.165) is 16.5 Å². The number of aromatic nitrogens is 1. The Kier molecular flexibility index (Phi) is 5.16.